The minimum atomic E-state index is 0.458. The molecule has 4 heteroatoms. The summed E-state index contributed by atoms with van der Waals surface area (Å²) < 4.78 is 5.48. The van der Waals surface area contributed by atoms with E-state index in [2.05, 4.69) is 59.6 Å². The third kappa shape index (κ3) is 3.45. The molecule has 0 amide bonds. The highest BCUT2D eigenvalue weighted by Gasteiger charge is 2.18. The average Bonchev–Trinajstić information content (AvgIpc) is 2.93. The lowest BCUT2D eigenvalue weighted by molar-refractivity contribution is 0.371. The maximum absolute atomic E-state index is 5.48. The van der Waals surface area contributed by atoms with E-state index >= 15 is 0 Å². The maximum Gasteiger partial charge on any atom is 0.156 e. The summed E-state index contributed by atoms with van der Waals surface area (Å²) in [5, 5.41) is 7.50. The van der Waals surface area contributed by atoms with Gasteiger partial charge in [0.15, 0.2) is 5.76 Å². The molecule has 1 N–H and O–H groups in total. The standard InChI is InChI=1S/C17H23N3O/c1-13(2)18-11-15-10-16(21-19-15)12-20-9-5-7-14-6-3-4-8-17(14)20/h3-4,6,8,10,13,18H,5,7,9,11-12H2,1-2H3. The van der Waals surface area contributed by atoms with Gasteiger partial charge in [-0.25, -0.2) is 0 Å². The van der Waals surface area contributed by atoms with Gasteiger partial charge in [0.05, 0.1) is 12.2 Å². The van der Waals surface area contributed by atoms with Crippen LogP contribution >= 0.6 is 0 Å². The van der Waals surface area contributed by atoms with Crippen molar-refractivity contribution in [3.63, 3.8) is 0 Å². The third-order valence-electron chi connectivity index (χ3n) is 3.85. The van der Waals surface area contributed by atoms with Gasteiger partial charge >= 0.3 is 0 Å². The van der Waals surface area contributed by atoms with Crippen molar-refractivity contribution >= 4 is 5.69 Å². The van der Waals surface area contributed by atoms with Crippen molar-refractivity contribution in [2.45, 2.75) is 45.8 Å². The number of rotatable bonds is 5. The fraction of sp³-hybridized carbons (Fsp3) is 0.471. The quantitative estimate of drug-likeness (QED) is 0.916. The molecule has 3 rings (SSSR count). The summed E-state index contributed by atoms with van der Waals surface area (Å²) in [6.07, 6.45) is 2.37. The molecule has 112 valence electrons. The number of anilines is 1. The van der Waals surface area contributed by atoms with Crippen molar-refractivity contribution < 1.29 is 4.52 Å². The first-order valence-corrected chi connectivity index (χ1v) is 7.73. The molecule has 0 radical (unpaired) electrons. The summed E-state index contributed by atoms with van der Waals surface area (Å²) >= 11 is 0. The first kappa shape index (κ1) is 14.1. The molecule has 1 aromatic heterocycles. The number of fused-ring (bicyclic) bond motifs is 1. The summed E-state index contributed by atoms with van der Waals surface area (Å²) in [6, 6.07) is 11.2. The lowest BCUT2D eigenvalue weighted by Gasteiger charge is -2.30. The molecular weight excluding hydrogens is 262 g/mol. The van der Waals surface area contributed by atoms with Crippen LogP contribution < -0.4 is 10.2 Å². The lowest BCUT2D eigenvalue weighted by Crippen LogP contribution is -2.28. The predicted octanol–water partition coefficient (Wildman–Crippen LogP) is 3.13. The van der Waals surface area contributed by atoms with Crippen LogP contribution in [0.1, 0.15) is 37.3 Å². The normalized spacial score (nSPS) is 14.5. The van der Waals surface area contributed by atoms with Crippen molar-refractivity contribution in [2.75, 3.05) is 11.4 Å². The largest absolute Gasteiger partial charge is 0.364 e. The molecule has 0 atom stereocenters. The Labute approximate surface area is 126 Å². The molecule has 0 saturated carbocycles. The van der Waals surface area contributed by atoms with E-state index in [1.165, 1.54) is 24.1 Å². The van der Waals surface area contributed by atoms with E-state index in [9.17, 15) is 0 Å². The highest BCUT2D eigenvalue weighted by Crippen LogP contribution is 2.28. The first-order chi connectivity index (χ1) is 10.2. The van der Waals surface area contributed by atoms with Gasteiger partial charge in [-0.05, 0) is 24.5 Å². The van der Waals surface area contributed by atoms with Gasteiger partial charge in [0.1, 0.15) is 0 Å². The zero-order valence-corrected chi connectivity index (χ0v) is 12.8. The summed E-state index contributed by atoms with van der Waals surface area (Å²) in [5.74, 6) is 0.937. The van der Waals surface area contributed by atoms with Crippen LogP contribution in [0.4, 0.5) is 5.69 Å². The van der Waals surface area contributed by atoms with Crippen LogP contribution in [0.25, 0.3) is 0 Å². The lowest BCUT2D eigenvalue weighted by atomic mass is 10.0. The van der Waals surface area contributed by atoms with Crippen LogP contribution in [0, 0.1) is 0 Å². The Balaban J connectivity index is 1.67. The summed E-state index contributed by atoms with van der Waals surface area (Å²) in [4.78, 5) is 2.39. The van der Waals surface area contributed by atoms with Gasteiger partial charge in [0.2, 0.25) is 0 Å². The van der Waals surface area contributed by atoms with E-state index in [1.54, 1.807) is 0 Å². The number of hydrogen-bond acceptors (Lipinski definition) is 4. The Morgan fingerprint density at radius 1 is 1.33 bits per heavy atom. The van der Waals surface area contributed by atoms with E-state index in [-0.39, 0.29) is 0 Å². The van der Waals surface area contributed by atoms with Crippen molar-refractivity contribution in [3.05, 3.63) is 47.3 Å². The maximum atomic E-state index is 5.48. The summed E-state index contributed by atoms with van der Waals surface area (Å²) in [6.45, 7) is 6.90. The molecule has 0 bridgehead atoms. The summed E-state index contributed by atoms with van der Waals surface area (Å²) in [5.41, 5.74) is 3.75. The van der Waals surface area contributed by atoms with Crippen molar-refractivity contribution in [1.29, 1.82) is 0 Å². The number of hydrogen-bond donors (Lipinski definition) is 1. The molecule has 4 nitrogen and oxygen atoms in total. The molecule has 1 aliphatic heterocycles. The minimum absolute atomic E-state index is 0.458. The van der Waals surface area contributed by atoms with Gasteiger partial charge in [-0.1, -0.05) is 37.2 Å². The van der Waals surface area contributed by atoms with E-state index in [1.807, 2.05) is 0 Å². The van der Waals surface area contributed by atoms with Crippen LogP contribution in [-0.2, 0) is 19.5 Å². The highest BCUT2D eigenvalue weighted by atomic mass is 16.5. The Morgan fingerprint density at radius 2 is 2.19 bits per heavy atom. The monoisotopic (exact) mass is 285 g/mol. The number of nitrogens with zero attached hydrogens (tertiary/aromatic N) is 2. The van der Waals surface area contributed by atoms with Crippen LogP contribution in [0.2, 0.25) is 0 Å². The van der Waals surface area contributed by atoms with Gasteiger partial charge in [-0.2, -0.15) is 0 Å². The molecule has 1 aliphatic rings. The highest BCUT2D eigenvalue weighted by molar-refractivity contribution is 5.55. The van der Waals surface area contributed by atoms with Crippen molar-refractivity contribution in [3.8, 4) is 0 Å². The second kappa shape index (κ2) is 6.31. The van der Waals surface area contributed by atoms with Crippen LogP contribution in [0.3, 0.4) is 0 Å². The second-order valence-corrected chi connectivity index (χ2v) is 5.97. The fourth-order valence-corrected chi connectivity index (χ4v) is 2.79. The van der Waals surface area contributed by atoms with Crippen LogP contribution in [0.5, 0.6) is 0 Å². The van der Waals surface area contributed by atoms with Crippen LogP contribution in [0.15, 0.2) is 34.9 Å². The SMILES string of the molecule is CC(C)NCc1cc(CN2CCCc3ccccc32)on1. The first-order valence-electron chi connectivity index (χ1n) is 7.73. The molecule has 0 unspecified atom stereocenters. The molecule has 21 heavy (non-hydrogen) atoms. The zero-order chi connectivity index (χ0) is 14.7. The number of para-hydroxylation sites is 1. The molecule has 0 fully saturated rings. The van der Waals surface area contributed by atoms with Gasteiger partial charge < -0.3 is 14.7 Å². The Morgan fingerprint density at radius 3 is 3.05 bits per heavy atom. The second-order valence-electron chi connectivity index (χ2n) is 5.97. The van der Waals surface area contributed by atoms with Gasteiger partial charge in [0, 0.05) is 30.9 Å². The molecule has 0 saturated heterocycles. The minimum Gasteiger partial charge on any atom is -0.364 e. The Bertz CT molecular complexity index is 591. The molecular formula is C17H23N3O. The third-order valence-corrected chi connectivity index (χ3v) is 3.85. The number of nitrogens with one attached hydrogen (secondary N) is 1. The zero-order valence-electron chi connectivity index (χ0n) is 12.8. The van der Waals surface area contributed by atoms with E-state index in [0.717, 1.165) is 31.1 Å². The van der Waals surface area contributed by atoms with Gasteiger partial charge in [-0.3, -0.25) is 0 Å². The Hall–Kier alpha value is -1.81. The smallest absolute Gasteiger partial charge is 0.156 e. The van der Waals surface area contributed by atoms with Crippen LogP contribution in [-0.4, -0.2) is 17.7 Å². The molecule has 0 aliphatic carbocycles. The van der Waals surface area contributed by atoms with Gasteiger partial charge in [0.25, 0.3) is 0 Å². The van der Waals surface area contributed by atoms with Crippen molar-refractivity contribution in [1.82, 2.24) is 10.5 Å². The molecule has 2 heterocycles. The average molecular weight is 285 g/mol. The topological polar surface area (TPSA) is 41.3 Å². The predicted molar refractivity (Wildman–Crippen MR) is 84.3 cm³/mol. The van der Waals surface area contributed by atoms with E-state index < -0.39 is 0 Å². The number of aromatic nitrogens is 1. The molecule has 1 aromatic carbocycles. The molecule has 0 spiro atoms. The van der Waals surface area contributed by atoms with Gasteiger partial charge in [-0.15, -0.1) is 0 Å². The fourth-order valence-electron chi connectivity index (χ4n) is 2.79. The van der Waals surface area contributed by atoms with E-state index in [4.69, 9.17) is 4.52 Å². The van der Waals surface area contributed by atoms with E-state index in [0.29, 0.717) is 6.04 Å². The Kier molecular flexibility index (Phi) is 4.25. The number of aryl methyl sites for hydroxylation is 1. The summed E-state index contributed by atoms with van der Waals surface area (Å²) in [7, 11) is 0. The molecule has 2 aromatic rings. The number of benzene rings is 1. The van der Waals surface area contributed by atoms with Crippen molar-refractivity contribution in [2.24, 2.45) is 0 Å².